The van der Waals surface area contributed by atoms with E-state index in [1.165, 1.54) is 32.1 Å². The molecule has 1 aromatic rings. The minimum Gasteiger partial charge on any atom is -0.304 e. The molecular formula is C17H21Cl2NO. The number of fused-ring (bicyclic) bond motifs is 1. The first-order valence-corrected chi connectivity index (χ1v) is 8.62. The summed E-state index contributed by atoms with van der Waals surface area (Å²) in [6.45, 7) is 0. The number of Topliss-reactive ketones (excluding diaryl/α,β-unsaturated/α-hetero) is 1. The van der Waals surface area contributed by atoms with Crippen molar-refractivity contribution in [3.63, 3.8) is 0 Å². The van der Waals surface area contributed by atoms with Crippen LogP contribution in [0.15, 0.2) is 18.2 Å². The quantitative estimate of drug-likeness (QED) is 0.891. The monoisotopic (exact) mass is 325 g/mol. The van der Waals surface area contributed by atoms with Crippen LogP contribution in [0.4, 0.5) is 0 Å². The Morgan fingerprint density at radius 2 is 1.90 bits per heavy atom. The van der Waals surface area contributed by atoms with Gasteiger partial charge in [-0.05, 0) is 49.3 Å². The Balaban J connectivity index is 1.61. The molecule has 1 heterocycles. The molecule has 1 aliphatic carbocycles. The largest absolute Gasteiger partial charge is 0.304 e. The molecule has 3 unspecified atom stereocenters. The van der Waals surface area contributed by atoms with Crippen LogP contribution >= 0.6 is 23.2 Å². The Bertz CT molecular complexity index is 532. The molecule has 1 saturated heterocycles. The first-order chi connectivity index (χ1) is 10.1. The molecule has 1 N–H and O–H groups in total. The van der Waals surface area contributed by atoms with E-state index in [0.717, 1.165) is 17.9 Å². The zero-order chi connectivity index (χ0) is 14.8. The molecule has 2 fully saturated rings. The minimum atomic E-state index is 0.0128. The molecule has 1 aliphatic heterocycles. The molecule has 0 bridgehead atoms. The van der Waals surface area contributed by atoms with Crippen LogP contribution in [0.1, 0.15) is 44.1 Å². The average molecular weight is 326 g/mol. The van der Waals surface area contributed by atoms with E-state index in [9.17, 15) is 4.79 Å². The highest BCUT2D eigenvalue weighted by molar-refractivity contribution is 6.42. The van der Waals surface area contributed by atoms with Gasteiger partial charge in [-0.2, -0.15) is 0 Å². The maximum absolute atomic E-state index is 12.5. The molecule has 21 heavy (non-hydrogen) atoms. The molecular weight excluding hydrogens is 305 g/mol. The molecule has 0 spiro atoms. The fraction of sp³-hybridized carbons (Fsp3) is 0.588. The van der Waals surface area contributed by atoms with E-state index in [4.69, 9.17) is 23.2 Å². The third kappa shape index (κ3) is 3.61. The lowest BCUT2D eigenvalue weighted by molar-refractivity contribution is -0.121. The second kappa shape index (κ2) is 6.68. The number of carbonyl (C=O) groups is 1. The Morgan fingerprint density at radius 3 is 2.71 bits per heavy atom. The Labute approximate surface area is 136 Å². The summed E-state index contributed by atoms with van der Waals surface area (Å²) in [5.74, 6) is 1.06. The number of halogens is 2. The van der Waals surface area contributed by atoms with E-state index in [1.54, 1.807) is 12.1 Å². The molecule has 1 saturated carbocycles. The van der Waals surface area contributed by atoms with Gasteiger partial charge >= 0.3 is 0 Å². The summed E-state index contributed by atoms with van der Waals surface area (Å²) in [5.41, 5.74) is 0.946. The lowest BCUT2D eigenvalue weighted by Gasteiger charge is -2.40. The van der Waals surface area contributed by atoms with Gasteiger partial charge in [0, 0.05) is 12.5 Å². The van der Waals surface area contributed by atoms with Crippen molar-refractivity contribution >= 4 is 29.0 Å². The fourth-order valence-corrected chi connectivity index (χ4v) is 4.04. The number of nitrogens with one attached hydrogen (secondary N) is 1. The molecule has 3 rings (SSSR count). The van der Waals surface area contributed by atoms with Crippen molar-refractivity contribution in [2.45, 2.75) is 57.0 Å². The van der Waals surface area contributed by atoms with Crippen molar-refractivity contribution in [2.75, 3.05) is 0 Å². The van der Waals surface area contributed by atoms with Gasteiger partial charge in [0.1, 0.15) is 0 Å². The summed E-state index contributed by atoms with van der Waals surface area (Å²) < 4.78 is 0. The van der Waals surface area contributed by atoms with Crippen LogP contribution in [0.3, 0.4) is 0 Å². The highest BCUT2D eigenvalue weighted by Gasteiger charge is 2.34. The molecule has 3 atom stereocenters. The molecule has 2 nitrogen and oxygen atoms in total. The van der Waals surface area contributed by atoms with Gasteiger partial charge in [-0.1, -0.05) is 42.1 Å². The van der Waals surface area contributed by atoms with E-state index >= 15 is 0 Å². The molecule has 0 aromatic heterocycles. The summed E-state index contributed by atoms with van der Waals surface area (Å²) in [4.78, 5) is 12.5. The molecule has 1 aromatic carbocycles. The van der Waals surface area contributed by atoms with Gasteiger partial charge in [0.15, 0.2) is 5.78 Å². The van der Waals surface area contributed by atoms with E-state index in [0.29, 0.717) is 22.5 Å². The molecule has 0 amide bonds. The van der Waals surface area contributed by atoms with Gasteiger partial charge < -0.3 is 5.32 Å². The van der Waals surface area contributed by atoms with Crippen molar-refractivity contribution in [2.24, 2.45) is 5.92 Å². The highest BCUT2D eigenvalue weighted by Crippen LogP contribution is 2.32. The highest BCUT2D eigenvalue weighted by atomic mass is 35.5. The predicted octanol–water partition coefficient (Wildman–Crippen LogP) is 4.42. The lowest BCUT2D eigenvalue weighted by Crippen LogP contribution is -2.52. The van der Waals surface area contributed by atoms with Gasteiger partial charge in [-0.15, -0.1) is 0 Å². The summed E-state index contributed by atoms with van der Waals surface area (Å²) in [5, 5.41) is 4.65. The van der Waals surface area contributed by atoms with Crippen molar-refractivity contribution in [1.82, 2.24) is 5.32 Å². The lowest BCUT2D eigenvalue weighted by atomic mass is 9.77. The first-order valence-electron chi connectivity index (χ1n) is 7.86. The maximum Gasteiger partial charge on any atom is 0.154 e. The maximum atomic E-state index is 12.5. The van der Waals surface area contributed by atoms with Gasteiger partial charge in [0.2, 0.25) is 0 Å². The Kier molecular flexibility index (Phi) is 4.88. The standard InChI is InChI=1S/C17H21Cl2NO/c18-13-7-5-11(9-14(13)19)10-17(21)16-8-6-12-3-1-2-4-15(12)20-16/h5,7,9,12,15-16,20H,1-4,6,8,10H2. The first kappa shape index (κ1) is 15.3. The van der Waals surface area contributed by atoms with Crippen LogP contribution in [0, 0.1) is 5.92 Å². The SMILES string of the molecule is O=C(Cc1ccc(Cl)c(Cl)c1)C1CCC2CCCCC2N1. The molecule has 114 valence electrons. The van der Waals surface area contributed by atoms with Gasteiger partial charge in [0.25, 0.3) is 0 Å². The number of ketones is 1. The van der Waals surface area contributed by atoms with E-state index in [-0.39, 0.29) is 11.8 Å². The number of rotatable bonds is 3. The average Bonchev–Trinajstić information content (AvgIpc) is 2.50. The summed E-state index contributed by atoms with van der Waals surface area (Å²) in [6.07, 6.45) is 7.79. The van der Waals surface area contributed by atoms with E-state index in [1.807, 2.05) is 6.07 Å². The fourth-order valence-electron chi connectivity index (χ4n) is 3.72. The van der Waals surface area contributed by atoms with Crippen molar-refractivity contribution in [3.8, 4) is 0 Å². The normalized spacial score (nSPS) is 29.0. The summed E-state index contributed by atoms with van der Waals surface area (Å²) in [6, 6.07) is 6.01. The van der Waals surface area contributed by atoms with Crippen molar-refractivity contribution in [1.29, 1.82) is 0 Å². The van der Waals surface area contributed by atoms with Gasteiger partial charge in [-0.3, -0.25) is 4.79 Å². The van der Waals surface area contributed by atoms with Gasteiger partial charge in [0.05, 0.1) is 16.1 Å². The Hall–Kier alpha value is -0.570. The predicted molar refractivity (Wildman–Crippen MR) is 87.1 cm³/mol. The zero-order valence-corrected chi connectivity index (χ0v) is 13.6. The van der Waals surface area contributed by atoms with Crippen LogP contribution in [0.2, 0.25) is 10.0 Å². The summed E-state index contributed by atoms with van der Waals surface area (Å²) in [7, 11) is 0. The van der Waals surface area contributed by atoms with Crippen LogP contribution < -0.4 is 5.32 Å². The number of benzene rings is 1. The third-order valence-electron chi connectivity index (χ3n) is 4.90. The van der Waals surface area contributed by atoms with E-state index in [2.05, 4.69) is 5.32 Å². The topological polar surface area (TPSA) is 29.1 Å². The summed E-state index contributed by atoms with van der Waals surface area (Å²) >= 11 is 11.9. The smallest absolute Gasteiger partial charge is 0.154 e. The third-order valence-corrected chi connectivity index (χ3v) is 5.64. The van der Waals surface area contributed by atoms with E-state index < -0.39 is 0 Å². The molecule has 0 radical (unpaired) electrons. The minimum absolute atomic E-state index is 0.0128. The second-order valence-electron chi connectivity index (χ2n) is 6.34. The van der Waals surface area contributed by atoms with Crippen molar-refractivity contribution < 1.29 is 4.79 Å². The molecule has 4 heteroatoms. The van der Waals surface area contributed by atoms with Gasteiger partial charge in [-0.25, -0.2) is 0 Å². The number of piperidine rings is 1. The van der Waals surface area contributed by atoms with Crippen LogP contribution in [0.25, 0.3) is 0 Å². The van der Waals surface area contributed by atoms with Crippen LogP contribution in [-0.2, 0) is 11.2 Å². The number of hydrogen-bond donors (Lipinski definition) is 1. The zero-order valence-electron chi connectivity index (χ0n) is 12.1. The van der Waals surface area contributed by atoms with Crippen molar-refractivity contribution in [3.05, 3.63) is 33.8 Å². The van der Waals surface area contributed by atoms with Crippen LogP contribution in [0.5, 0.6) is 0 Å². The second-order valence-corrected chi connectivity index (χ2v) is 7.15. The van der Waals surface area contributed by atoms with Crippen LogP contribution in [-0.4, -0.2) is 17.9 Å². The Morgan fingerprint density at radius 1 is 1.10 bits per heavy atom. The number of hydrogen-bond acceptors (Lipinski definition) is 2. The number of carbonyl (C=O) groups excluding carboxylic acids is 1. The molecule has 2 aliphatic rings.